The van der Waals surface area contributed by atoms with E-state index in [0.717, 1.165) is 44.9 Å². The summed E-state index contributed by atoms with van der Waals surface area (Å²) in [6.07, 6.45) is 5.86. The Hall–Kier alpha value is -2.07. The van der Waals surface area contributed by atoms with E-state index in [1.54, 1.807) is 20.8 Å². The molecule has 4 unspecified atom stereocenters. The van der Waals surface area contributed by atoms with E-state index in [9.17, 15) is 24.0 Å². The van der Waals surface area contributed by atoms with Crippen LogP contribution in [0.15, 0.2) is 0 Å². The Morgan fingerprint density at radius 1 is 1.03 bits per heavy atom. The summed E-state index contributed by atoms with van der Waals surface area (Å²) in [4.78, 5) is 65.8. The van der Waals surface area contributed by atoms with Gasteiger partial charge in [-0.25, -0.2) is 4.79 Å². The fourth-order valence-electron chi connectivity index (χ4n) is 5.94. The lowest BCUT2D eigenvalue weighted by Crippen LogP contribution is -2.60. The summed E-state index contributed by atoms with van der Waals surface area (Å²) >= 11 is 12.9. The minimum atomic E-state index is -1.18. The summed E-state index contributed by atoms with van der Waals surface area (Å²) in [6.45, 7) is 5.36. The molecule has 1 aliphatic heterocycles. The first-order valence-corrected chi connectivity index (χ1v) is 14.3. The van der Waals surface area contributed by atoms with Crippen molar-refractivity contribution < 1.29 is 28.7 Å². The molecule has 38 heavy (non-hydrogen) atoms. The number of nitrogens with two attached hydrogens (primary N) is 1. The van der Waals surface area contributed by atoms with Crippen LogP contribution in [0.5, 0.6) is 0 Å². The van der Waals surface area contributed by atoms with Gasteiger partial charge in [-0.2, -0.15) is 0 Å². The Morgan fingerprint density at radius 3 is 2.21 bits per heavy atom. The fraction of sp³-hybridized carbons (Fsp3) is 0.808. The highest BCUT2D eigenvalue weighted by atomic mass is 35.5. The quantitative estimate of drug-likeness (QED) is 0.285. The first-order valence-electron chi connectivity index (χ1n) is 13.5. The predicted octanol–water partition coefficient (Wildman–Crippen LogP) is 2.43. The summed E-state index contributed by atoms with van der Waals surface area (Å²) in [7, 11) is 0. The lowest BCUT2D eigenvalue weighted by atomic mass is 9.83. The van der Waals surface area contributed by atoms with E-state index in [2.05, 4.69) is 10.6 Å². The predicted molar refractivity (Wildman–Crippen MR) is 140 cm³/mol. The summed E-state index contributed by atoms with van der Waals surface area (Å²) in [6, 6.07) is -3.00. The van der Waals surface area contributed by atoms with Gasteiger partial charge in [0.25, 0.3) is 5.91 Å². The van der Waals surface area contributed by atoms with Crippen LogP contribution >= 0.6 is 23.2 Å². The number of rotatable bonds is 9. The summed E-state index contributed by atoms with van der Waals surface area (Å²) in [5, 5.41) is 5.44. The third-order valence-electron chi connectivity index (χ3n) is 8.09. The third-order valence-corrected chi connectivity index (χ3v) is 9.15. The standard InChI is InChI=1S/C26H38Cl2N4O6/c1-25(2,3)38-24(37)31-18(14-7-5-4-6-8-14)23(36)32-12-15-17(26(15,27)28)19(32)22(35)30-16(11-13-9-10-13)20(33)21(29)34/h13-19H,4-12H2,1-3H3,(H2,29,34)(H,30,35)(H,31,37)/t15?,16-,17?,18?,19?/m0/s1. The van der Waals surface area contributed by atoms with Crippen LogP contribution in [0.3, 0.4) is 0 Å². The monoisotopic (exact) mass is 572 g/mol. The molecule has 4 rings (SSSR count). The van der Waals surface area contributed by atoms with Crippen molar-refractivity contribution in [3.63, 3.8) is 0 Å². The molecule has 4 fully saturated rings. The molecule has 4 aliphatic rings. The van der Waals surface area contributed by atoms with Gasteiger partial charge in [0, 0.05) is 18.4 Å². The van der Waals surface area contributed by atoms with Crippen LogP contribution in [0, 0.1) is 23.7 Å². The minimum Gasteiger partial charge on any atom is -0.444 e. The first-order chi connectivity index (χ1) is 17.7. The molecule has 0 radical (unpaired) electrons. The van der Waals surface area contributed by atoms with Gasteiger partial charge in [0.2, 0.25) is 17.6 Å². The van der Waals surface area contributed by atoms with Gasteiger partial charge in [0.1, 0.15) is 22.0 Å². The molecule has 12 heteroatoms. The van der Waals surface area contributed by atoms with E-state index in [1.807, 2.05) is 0 Å². The second-order valence-corrected chi connectivity index (χ2v) is 13.7. The van der Waals surface area contributed by atoms with Gasteiger partial charge in [0.05, 0.1) is 6.04 Å². The highest BCUT2D eigenvalue weighted by Gasteiger charge is 2.74. The largest absolute Gasteiger partial charge is 0.444 e. The molecule has 0 aromatic carbocycles. The van der Waals surface area contributed by atoms with Crippen LogP contribution in [-0.4, -0.2) is 69.1 Å². The molecule has 5 atom stereocenters. The van der Waals surface area contributed by atoms with Crippen LogP contribution in [0.1, 0.15) is 72.1 Å². The second kappa shape index (κ2) is 10.8. The number of ether oxygens (including phenoxy) is 1. The number of Topliss-reactive ketones (excluding diaryl/α,β-unsaturated/α-hetero) is 1. The summed E-state index contributed by atoms with van der Waals surface area (Å²) in [5.74, 6) is -3.74. The molecule has 0 bridgehead atoms. The van der Waals surface area contributed by atoms with Gasteiger partial charge in [-0.3, -0.25) is 19.2 Å². The molecule has 10 nitrogen and oxygen atoms in total. The topological polar surface area (TPSA) is 148 Å². The number of primary amides is 1. The van der Waals surface area contributed by atoms with E-state index in [4.69, 9.17) is 33.7 Å². The molecule has 3 aliphatic carbocycles. The van der Waals surface area contributed by atoms with Crippen molar-refractivity contribution in [3.05, 3.63) is 0 Å². The Morgan fingerprint density at radius 2 is 1.66 bits per heavy atom. The second-order valence-electron chi connectivity index (χ2n) is 12.2. The first kappa shape index (κ1) is 28.9. The maximum atomic E-state index is 14.0. The zero-order chi connectivity index (χ0) is 28.0. The van der Waals surface area contributed by atoms with E-state index in [1.165, 1.54) is 4.90 Å². The third kappa shape index (κ3) is 6.38. The number of likely N-dealkylation sites (tertiary alicyclic amines) is 1. The zero-order valence-electron chi connectivity index (χ0n) is 22.1. The van der Waals surface area contributed by atoms with Crippen molar-refractivity contribution in [2.75, 3.05) is 6.54 Å². The van der Waals surface area contributed by atoms with Crippen LogP contribution in [0.4, 0.5) is 4.79 Å². The van der Waals surface area contributed by atoms with Gasteiger partial charge < -0.3 is 26.0 Å². The molecule has 0 aromatic rings. The maximum Gasteiger partial charge on any atom is 0.408 e. The van der Waals surface area contributed by atoms with Crippen LogP contribution in [-0.2, 0) is 23.9 Å². The number of halogens is 2. The summed E-state index contributed by atoms with van der Waals surface area (Å²) < 4.78 is 4.25. The Balaban J connectivity index is 1.55. The molecular formula is C26H38Cl2N4O6. The van der Waals surface area contributed by atoms with Crippen molar-refractivity contribution in [3.8, 4) is 0 Å². The number of alkyl halides is 2. The van der Waals surface area contributed by atoms with Gasteiger partial charge in [-0.05, 0) is 51.9 Å². The number of alkyl carbamates (subject to hydrolysis) is 1. The smallest absolute Gasteiger partial charge is 0.408 e. The average Bonchev–Trinajstić information content (AvgIpc) is 3.68. The minimum absolute atomic E-state index is 0.111. The number of carbonyl (C=O) groups is 5. The molecular weight excluding hydrogens is 535 g/mol. The number of hydrogen-bond acceptors (Lipinski definition) is 6. The number of carbonyl (C=O) groups excluding carboxylic acids is 5. The average molecular weight is 574 g/mol. The van der Waals surface area contributed by atoms with Crippen LogP contribution in [0.25, 0.3) is 0 Å². The van der Waals surface area contributed by atoms with E-state index in [-0.39, 0.29) is 24.3 Å². The van der Waals surface area contributed by atoms with Crippen molar-refractivity contribution >= 4 is 52.8 Å². The van der Waals surface area contributed by atoms with Gasteiger partial charge >= 0.3 is 6.09 Å². The molecule has 1 heterocycles. The van der Waals surface area contributed by atoms with Gasteiger partial charge in [-0.1, -0.05) is 32.1 Å². The van der Waals surface area contributed by atoms with E-state index < -0.39 is 63.6 Å². The van der Waals surface area contributed by atoms with E-state index in [0.29, 0.717) is 6.42 Å². The Kier molecular flexibility index (Phi) is 8.25. The molecule has 1 saturated heterocycles. The zero-order valence-corrected chi connectivity index (χ0v) is 23.6. The molecule has 4 amide bonds. The number of amides is 4. The van der Waals surface area contributed by atoms with Crippen LogP contribution < -0.4 is 16.4 Å². The number of ketones is 1. The number of fused-ring (bicyclic) bond motifs is 1. The SMILES string of the molecule is CC(C)(C)OC(=O)NC(C(=O)N1CC2C(C1C(=O)N[C@@H](CC1CC1)C(=O)C(N)=O)C2(Cl)Cl)C1CCCCC1. The number of nitrogens with one attached hydrogen (secondary N) is 2. The van der Waals surface area contributed by atoms with E-state index >= 15 is 0 Å². The summed E-state index contributed by atoms with van der Waals surface area (Å²) in [5.41, 5.74) is 4.48. The maximum absolute atomic E-state index is 14.0. The normalized spacial score (nSPS) is 28.0. The highest BCUT2D eigenvalue weighted by Crippen LogP contribution is 2.65. The van der Waals surface area contributed by atoms with Crippen molar-refractivity contribution in [1.29, 1.82) is 0 Å². The van der Waals surface area contributed by atoms with Gasteiger partial charge in [-0.15, -0.1) is 23.2 Å². The molecule has 4 N–H and O–H groups in total. The van der Waals surface area contributed by atoms with Crippen LogP contribution in [0.2, 0.25) is 0 Å². The molecule has 212 valence electrons. The lowest BCUT2D eigenvalue weighted by molar-refractivity contribution is -0.144. The lowest BCUT2D eigenvalue weighted by Gasteiger charge is -2.36. The van der Waals surface area contributed by atoms with Crippen molar-refractivity contribution in [1.82, 2.24) is 15.5 Å². The van der Waals surface area contributed by atoms with Crippen molar-refractivity contribution in [2.45, 2.75) is 100 Å². The van der Waals surface area contributed by atoms with Crippen molar-refractivity contribution in [2.24, 2.45) is 29.4 Å². The Labute approximate surface area is 233 Å². The molecule has 0 spiro atoms. The number of nitrogens with zero attached hydrogens (tertiary/aromatic N) is 1. The Bertz CT molecular complexity index is 989. The number of piperidine rings is 1. The molecule has 3 saturated carbocycles. The molecule has 0 aromatic heterocycles. The highest BCUT2D eigenvalue weighted by molar-refractivity contribution is 6.51. The van der Waals surface area contributed by atoms with Gasteiger partial charge in [0.15, 0.2) is 0 Å². The number of hydrogen-bond donors (Lipinski definition) is 3. The fourth-order valence-corrected chi connectivity index (χ4v) is 6.77.